The van der Waals surface area contributed by atoms with Crippen LogP contribution in [0.3, 0.4) is 0 Å². The third kappa shape index (κ3) is 3.47. The molecule has 1 amide bonds. The van der Waals surface area contributed by atoms with Crippen molar-refractivity contribution in [3.63, 3.8) is 0 Å². The molecule has 1 aliphatic heterocycles. The lowest BCUT2D eigenvalue weighted by atomic mass is 9.58. The molecule has 4 heteroatoms. The topological polar surface area (TPSA) is 49.8 Å². The molecule has 0 aromatic heterocycles. The Morgan fingerprint density at radius 2 is 1.61 bits per heavy atom. The Morgan fingerprint density at radius 1 is 1.07 bits per heavy atom. The average molecular weight is 380 g/mol. The summed E-state index contributed by atoms with van der Waals surface area (Å²) in [5, 5.41) is 10.3. The second-order valence-corrected chi connectivity index (χ2v) is 8.17. The maximum Gasteiger partial charge on any atom is 0.223 e. The van der Waals surface area contributed by atoms with Crippen LogP contribution < -0.4 is 0 Å². The first-order valence-electron chi connectivity index (χ1n) is 10.2. The summed E-state index contributed by atoms with van der Waals surface area (Å²) in [6.45, 7) is 1.40. The van der Waals surface area contributed by atoms with Gasteiger partial charge in [0, 0.05) is 44.4 Å². The van der Waals surface area contributed by atoms with E-state index in [0.29, 0.717) is 25.9 Å². The van der Waals surface area contributed by atoms with E-state index in [1.807, 2.05) is 41.3 Å². The number of amides is 1. The number of rotatable bonds is 5. The second-order valence-electron chi connectivity index (χ2n) is 8.17. The summed E-state index contributed by atoms with van der Waals surface area (Å²) in [4.78, 5) is 15.1. The SMILES string of the molecule is COC1CC(O)C12CCN(C(=O)CC(c1ccccc1)c1ccccc1)CC2. The van der Waals surface area contributed by atoms with Gasteiger partial charge in [-0.1, -0.05) is 60.7 Å². The lowest BCUT2D eigenvalue weighted by molar-refractivity contribution is -0.202. The van der Waals surface area contributed by atoms with Gasteiger partial charge in [-0.25, -0.2) is 0 Å². The van der Waals surface area contributed by atoms with Crippen LogP contribution in [0, 0.1) is 5.41 Å². The molecule has 0 bridgehead atoms. The first-order valence-corrected chi connectivity index (χ1v) is 10.2. The molecule has 4 rings (SSSR count). The van der Waals surface area contributed by atoms with Crippen LogP contribution in [0.5, 0.6) is 0 Å². The molecule has 1 aliphatic carbocycles. The van der Waals surface area contributed by atoms with E-state index < -0.39 is 0 Å². The summed E-state index contributed by atoms with van der Waals surface area (Å²) < 4.78 is 5.56. The summed E-state index contributed by atoms with van der Waals surface area (Å²) in [6, 6.07) is 20.5. The van der Waals surface area contributed by atoms with Crippen LogP contribution in [0.1, 0.15) is 42.7 Å². The normalized spacial score (nSPS) is 23.6. The fraction of sp³-hybridized carbons (Fsp3) is 0.458. The van der Waals surface area contributed by atoms with Crippen molar-refractivity contribution in [1.29, 1.82) is 0 Å². The summed E-state index contributed by atoms with van der Waals surface area (Å²) in [5.41, 5.74) is 2.19. The molecule has 1 N–H and O–H groups in total. The average Bonchev–Trinajstić information content (AvgIpc) is 2.76. The highest BCUT2D eigenvalue weighted by atomic mass is 16.5. The molecule has 2 atom stereocenters. The molecule has 148 valence electrons. The predicted molar refractivity (Wildman–Crippen MR) is 109 cm³/mol. The van der Waals surface area contributed by atoms with E-state index in [2.05, 4.69) is 24.3 Å². The molecular formula is C24H29NO3. The van der Waals surface area contributed by atoms with E-state index in [9.17, 15) is 9.90 Å². The Balaban J connectivity index is 1.46. The molecule has 2 aromatic rings. The Bertz CT molecular complexity index is 745. The smallest absolute Gasteiger partial charge is 0.223 e. The van der Waals surface area contributed by atoms with Gasteiger partial charge >= 0.3 is 0 Å². The Morgan fingerprint density at radius 3 is 2.07 bits per heavy atom. The van der Waals surface area contributed by atoms with Crippen LogP contribution in [-0.2, 0) is 9.53 Å². The van der Waals surface area contributed by atoms with Crippen molar-refractivity contribution >= 4 is 5.91 Å². The molecule has 28 heavy (non-hydrogen) atoms. The van der Waals surface area contributed by atoms with Gasteiger partial charge in [0.1, 0.15) is 0 Å². The Kier molecular flexibility index (Phi) is 5.51. The third-order valence-electron chi connectivity index (χ3n) is 6.86. The number of hydrogen-bond donors (Lipinski definition) is 1. The Hall–Kier alpha value is -2.17. The molecule has 1 saturated carbocycles. The van der Waals surface area contributed by atoms with Gasteiger partial charge in [-0.15, -0.1) is 0 Å². The molecule has 4 nitrogen and oxygen atoms in total. The minimum Gasteiger partial charge on any atom is -0.392 e. The molecule has 2 aromatic carbocycles. The van der Waals surface area contributed by atoms with Crippen LogP contribution in [0.25, 0.3) is 0 Å². The fourth-order valence-corrected chi connectivity index (χ4v) is 4.99. The minimum absolute atomic E-state index is 0.0619. The molecule has 1 heterocycles. The predicted octanol–water partition coefficient (Wildman–Crippen LogP) is 3.60. The lowest BCUT2D eigenvalue weighted by Gasteiger charge is -2.56. The first kappa shape index (κ1) is 19.2. The molecule has 2 fully saturated rings. The van der Waals surface area contributed by atoms with Crippen molar-refractivity contribution < 1.29 is 14.6 Å². The highest BCUT2D eigenvalue weighted by Gasteiger charge is 2.56. The van der Waals surface area contributed by atoms with Gasteiger partial charge in [-0.2, -0.15) is 0 Å². The molecule has 0 radical (unpaired) electrons. The van der Waals surface area contributed by atoms with Crippen LogP contribution in [0.15, 0.2) is 60.7 Å². The van der Waals surface area contributed by atoms with Gasteiger partial charge in [0.05, 0.1) is 12.2 Å². The Labute approximate surface area is 167 Å². The zero-order valence-electron chi connectivity index (χ0n) is 16.5. The van der Waals surface area contributed by atoms with Gasteiger partial charge in [-0.3, -0.25) is 4.79 Å². The number of likely N-dealkylation sites (tertiary alicyclic amines) is 1. The number of methoxy groups -OCH3 is 1. The van der Waals surface area contributed by atoms with Crippen LogP contribution >= 0.6 is 0 Å². The molecule has 2 aliphatic rings. The number of nitrogens with zero attached hydrogens (tertiary/aromatic N) is 1. The summed E-state index contributed by atoms with van der Waals surface area (Å²) >= 11 is 0. The third-order valence-corrected chi connectivity index (χ3v) is 6.86. The number of carbonyl (C=O) groups excluding carboxylic acids is 1. The molecule has 1 saturated heterocycles. The van der Waals surface area contributed by atoms with Crippen molar-refractivity contribution in [2.45, 2.75) is 43.8 Å². The van der Waals surface area contributed by atoms with Gasteiger partial charge in [0.15, 0.2) is 0 Å². The van der Waals surface area contributed by atoms with Gasteiger partial charge < -0.3 is 14.7 Å². The van der Waals surface area contributed by atoms with Crippen LogP contribution in [0.2, 0.25) is 0 Å². The number of aliphatic hydroxyl groups excluding tert-OH is 1. The van der Waals surface area contributed by atoms with E-state index >= 15 is 0 Å². The zero-order chi connectivity index (χ0) is 19.6. The van der Waals surface area contributed by atoms with Crippen LogP contribution in [-0.4, -0.2) is 48.3 Å². The lowest BCUT2D eigenvalue weighted by Crippen LogP contribution is -2.62. The number of carbonyl (C=O) groups is 1. The number of hydrogen-bond acceptors (Lipinski definition) is 3. The highest BCUT2D eigenvalue weighted by Crippen LogP contribution is 2.50. The monoisotopic (exact) mass is 379 g/mol. The first-order chi connectivity index (χ1) is 13.6. The number of benzene rings is 2. The highest BCUT2D eigenvalue weighted by molar-refractivity contribution is 5.78. The number of aliphatic hydroxyl groups is 1. The van der Waals surface area contributed by atoms with Crippen molar-refractivity contribution in [2.24, 2.45) is 5.41 Å². The van der Waals surface area contributed by atoms with Gasteiger partial charge in [-0.05, 0) is 24.0 Å². The molecular weight excluding hydrogens is 350 g/mol. The van der Waals surface area contributed by atoms with E-state index in [-0.39, 0.29) is 29.4 Å². The summed E-state index contributed by atoms with van der Waals surface area (Å²) in [6.07, 6.45) is 2.66. The van der Waals surface area contributed by atoms with E-state index in [0.717, 1.165) is 12.8 Å². The minimum atomic E-state index is -0.295. The van der Waals surface area contributed by atoms with Crippen molar-refractivity contribution in [3.05, 3.63) is 71.8 Å². The summed E-state index contributed by atoms with van der Waals surface area (Å²) in [7, 11) is 1.72. The quantitative estimate of drug-likeness (QED) is 0.864. The van der Waals surface area contributed by atoms with Crippen LogP contribution in [0.4, 0.5) is 0 Å². The van der Waals surface area contributed by atoms with Crippen molar-refractivity contribution in [2.75, 3.05) is 20.2 Å². The van der Waals surface area contributed by atoms with Crippen molar-refractivity contribution in [1.82, 2.24) is 4.90 Å². The second kappa shape index (κ2) is 8.06. The van der Waals surface area contributed by atoms with E-state index in [1.54, 1.807) is 7.11 Å². The van der Waals surface area contributed by atoms with Gasteiger partial charge in [0.2, 0.25) is 5.91 Å². The fourth-order valence-electron chi connectivity index (χ4n) is 4.99. The standard InChI is InChI=1S/C24H29NO3/c1-28-22-17-21(26)24(22)12-14-25(15-13-24)23(27)16-20(18-8-4-2-5-9-18)19-10-6-3-7-11-19/h2-11,20-22,26H,12-17H2,1H3. The van der Waals surface area contributed by atoms with E-state index in [1.165, 1.54) is 11.1 Å². The molecule has 2 unspecified atom stereocenters. The number of ether oxygens (including phenoxy) is 1. The molecule has 1 spiro atoms. The zero-order valence-corrected chi connectivity index (χ0v) is 16.5. The van der Waals surface area contributed by atoms with Crippen molar-refractivity contribution in [3.8, 4) is 0 Å². The maximum atomic E-state index is 13.1. The van der Waals surface area contributed by atoms with E-state index in [4.69, 9.17) is 4.74 Å². The largest absolute Gasteiger partial charge is 0.392 e. The number of piperidine rings is 1. The summed E-state index contributed by atoms with van der Waals surface area (Å²) in [5.74, 6) is 0.252. The maximum absolute atomic E-state index is 13.1. The van der Waals surface area contributed by atoms with Gasteiger partial charge in [0.25, 0.3) is 0 Å².